The molecule has 0 atom stereocenters. The number of benzene rings is 2. The van der Waals surface area contributed by atoms with Gasteiger partial charge in [0.2, 0.25) is 0 Å². The van der Waals surface area contributed by atoms with Crippen molar-refractivity contribution in [1.29, 1.82) is 0 Å². The summed E-state index contributed by atoms with van der Waals surface area (Å²) in [5, 5.41) is 0. The van der Waals surface area contributed by atoms with Crippen LogP contribution in [-0.4, -0.2) is 5.54 Å². The molecule has 30 heavy (non-hydrogen) atoms. The fourth-order valence-corrected chi connectivity index (χ4v) is 4.62. The third kappa shape index (κ3) is 3.98. The van der Waals surface area contributed by atoms with E-state index in [0.717, 1.165) is 19.3 Å². The van der Waals surface area contributed by atoms with Crippen LogP contribution in [0.5, 0.6) is 0 Å². The number of anilines is 1. The van der Waals surface area contributed by atoms with Crippen molar-refractivity contribution in [2.45, 2.75) is 45.6 Å². The molecule has 0 aliphatic heterocycles. The van der Waals surface area contributed by atoms with Crippen molar-refractivity contribution in [2.75, 3.05) is 4.90 Å². The molecule has 2 aliphatic carbocycles. The van der Waals surface area contributed by atoms with Crippen LogP contribution in [0.1, 0.15) is 44.7 Å². The molecule has 0 bridgehead atoms. The molecule has 4 rings (SSSR count). The molecule has 2 aromatic rings. The van der Waals surface area contributed by atoms with Crippen molar-refractivity contribution in [1.82, 2.24) is 0 Å². The molecule has 0 unspecified atom stereocenters. The van der Waals surface area contributed by atoms with E-state index in [1.54, 1.807) is 0 Å². The van der Waals surface area contributed by atoms with Gasteiger partial charge in [-0.15, -0.1) is 0 Å². The Balaban J connectivity index is 1.78. The van der Waals surface area contributed by atoms with Gasteiger partial charge in [0.1, 0.15) is 0 Å². The minimum atomic E-state index is -0.187. The van der Waals surface area contributed by atoms with Crippen LogP contribution in [0.15, 0.2) is 108 Å². The summed E-state index contributed by atoms with van der Waals surface area (Å²) in [4.78, 5) is 2.44. The standard InChI is InChI=1S/C29H31N/c1-4-24-22-25-14-10-11-17-27(25)28(24)19-18-23(2)30(26-15-8-7-9-16-26)29(3)20-12-5-6-13-21-29/h4,7-21H,5-6,22H2,1-3H3/b23-18+,24-4-,28-19+. The summed E-state index contributed by atoms with van der Waals surface area (Å²) in [6.07, 6.45) is 19.4. The zero-order valence-electron chi connectivity index (χ0n) is 18.3. The van der Waals surface area contributed by atoms with Crippen molar-refractivity contribution in [3.05, 3.63) is 120 Å². The molecule has 0 saturated heterocycles. The van der Waals surface area contributed by atoms with E-state index in [1.807, 2.05) is 0 Å². The second kappa shape index (κ2) is 8.75. The molecule has 0 heterocycles. The Morgan fingerprint density at radius 2 is 1.60 bits per heavy atom. The molecular weight excluding hydrogens is 362 g/mol. The van der Waals surface area contributed by atoms with Crippen LogP contribution in [0, 0.1) is 0 Å². The van der Waals surface area contributed by atoms with E-state index < -0.39 is 0 Å². The number of rotatable bonds is 4. The summed E-state index contributed by atoms with van der Waals surface area (Å²) in [6.45, 7) is 6.66. The number of hydrogen-bond acceptors (Lipinski definition) is 1. The fourth-order valence-electron chi connectivity index (χ4n) is 4.62. The minimum absolute atomic E-state index is 0.187. The van der Waals surface area contributed by atoms with Gasteiger partial charge in [-0.05, 0) is 80.5 Å². The molecule has 1 nitrogen and oxygen atoms in total. The number of para-hydroxylation sites is 1. The van der Waals surface area contributed by atoms with Crippen molar-refractivity contribution >= 4 is 11.3 Å². The average molecular weight is 394 g/mol. The van der Waals surface area contributed by atoms with E-state index in [0.29, 0.717) is 0 Å². The van der Waals surface area contributed by atoms with Gasteiger partial charge in [0, 0.05) is 11.4 Å². The number of allylic oxidation sites excluding steroid dienone is 8. The van der Waals surface area contributed by atoms with Gasteiger partial charge in [0.15, 0.2) is 0 Å². The number of hydrogen-bond donors (Lipinski definition) is 0. The Morgan fingerprint density at radius 3 is 2.30 bits per heavy atom. The monoisotopic (exact) mass is 393 g/mol. The molecule has 0 saturated carbocycles. The maximum absolute atomic E-state index is 2.44. The van der Waals surface area contributed by atoms with E-state index in [1.165, 1.54) is 33.7 Å². The molecule has 0 amide bonds. The summed E-state index contributed by atoms with van der Waals surface area (Å²) in [5.41, 5.74) is 7.79. The lowest BCUT2D eigenvalue weighted by Gasteiger charge is -2.39. The Kier molecular flexibility index (Phi) is 5.90. The van der Waals surface area contributed by atoms with Crippen molar-refractivity contribution in [3.8, 4) is 0 Å². The van der Waals surface area contributed by atoms with Crippen LogP contribution in [-0.2, 0) is 6.42 Å². The van der Waals surface area contributed by atoms with Gasteiger partial charge in [-0.25, -0.2) is 0 Å². The van der Waals surface area contributed by atoms with Gasteiger partial charge < -0.3 is 4.90 Å². The third-order valence-corrected chi connectivity index (χ3v) is 6.13. The lowest BCUT2D eigenvalue weighted by atomic mass is 9.96. The normalized spacial score (nSPS) is 20.4. The Labute approximate surface area is 181 Å². The van der Waals surface area contributed by atoms with Crippen LogP contribution in [0.3, 0.4) is 0 Å². The lowest BCUT2D eigenvalue weighted by Crippen LogP contribution is -2.42. The summed E-state index contributed by atoms with van der Waals surface area (Å²) in [5.74, 6) is 0. The van der Waals surface area contributed by atoms with Crippen LogP contribution in [0.2, 0.25) is 0 Å². The molecule has 0 aromatic heterocycles. The highest BCUT2D eigenvalue weighted by atomic mass is 15.2. The second-order valence-electron chi connectivity index (χ2n) is 8.32. The summed E-state index contributed by atoms with van der Waals surface area (Å²) in [7, 11) is 0. The van der Waals surface area contributed by atoms with Crippen LogP contribution in [0.4, 0.5) is 5.69 Å². The van der Waals surface area contributed by atoms with E-state index in [9.17, 15) is 0 Å². The minimum Gasteiger partial charge on any atom is -0.333 e. The van der Waals surface area contributed by atoms with Gasteiger partial charge in [-0.3, -0.25) is 0 Å². The van der Waals surface area contributed by atoms with E-state index in [2.05, 4.69) is 123 Å². The highest BCUT2D eigenvalue weighted by Gasteiger charge is 2.29. The Morgan fingerprint density at radius 1 is 0.933 bits per heavy atom. The quantitative estimate of drug-likeness (QED) is 0.482. The van der Waals surface area contributed by atoms with Gasteiger partial charge in [0.05, 0.1) is 5.54 Å². The first kappa shape index (κ1) is 20.2. The lowest BCUT2D eigenvalue weighted by molar-refractivity contribution is 0.672. The van der Waals surface area contributed by atoms with Gasteiger partial charge in [0.25, 0.3) is 0 Å². The summed E-state index contributed by atoms with van der Waals surface area (Å²) in [6, 6.07) is 19.5. The SMILES string of the molecule is C/C=C1/Cc2ccccc2/C1=C/C=C(\C)N(c1ccccc1)C1(C)C=CCCC=C1. The number of fused-ring (bicyclic) bond motifs is 1. The van der Waals surface area contributed by atoms with E-state index in [-0.39, 0.29) is 5.54 Å². The zero-order valence-corrected chi connectivity index (χ0v) is 18.3. The average Bonchev–Trinajstić information content (AvgIpc) is 2.98. The largest absolute Gasteiger partial charge is 0.333 e. The predicted molar refractivity (Wildman–Crippen MR) is 130 cm³/mol. The molecule has 0 radical (unpaired) electrons. The van der Waals surface area contributed by atoms with Crippen molar-refractivity contribution in [2.24, 2.45) is 0 Å². The van der Waals surface area contributed by atoms with Crippen molar-refractivity contribution < 1.29 is 0 Å². The summed E-state index contributed by atoms with van der Waals surface area (Å²) >= 11 is 0. The molecule has 2 aromatic carbocycles. The molecule has 152 valence electrons. The molecule has 0 spiro atoms. The second-order valence-corrected chi connectivity index (χ2v) is 8.32. The van der Waals surface area contributed by atoms with Crippen LogP contribution >= 0.6 is 0 Å². The predicted octanol–water partition coefficient (Wildman–Crippen LogP) is 7.65. The van der Waals surface area contributed by atoms with E-state index in [4.69, 9.17) is 0 Å². The highest BCUT2D eigenvalue weighted by Crippen LogP contribution is 2.37. The topological polar surface area (TPSA) is 3.24 Å². The first-order valence-corrected chi connectivity index (χ1v) is 11.0. The van der Waals surface area contributed by atoms with Gasteiger partial charge in [-0.2, -0.15) is 0 Å². The zero-order chi connectivity index (χ0) is 21.0. The van der Waals surface area contributed by atoms with Gasteiger partial charge >= 0.3 is 0 Å². The van der Waals surface area contributed by atoms with Crippen LogP contribution in [0.25, 0.3) is 5.57 Å². The van der Waals surface area contributed by atoms with E-state index >= 15 is 0 Å². The molecular formula is C29H31N. The first-order chi connectivity index (χ1) is 14.6. The highest BCUT2D eigenvalue weighted by molar-refractivity contribution is 5.86. The molecule has 1 heteroatoms. The smallest absolute Gasteiger partial charge is 0.0785 e. The maximum Gasteiger partial charge on any atom is 0.0785 e. The maximum atomic E-state index is 2.44. The first-order valence-electron chi connectivity index (χ1n) is 11.0. The molecule has 2 aliphatic rings. The number of nitrogens with zero attached hydrogens (tertiary/aromatic N) is 1. The Hall–Kier alpha value is -3.06. The van der Waals surface area contributed by atoms with Crippen molar-refractivity contribution in [3.63, 3.8) is 0 Å². The summed E-state index contributed by atoms with van der Waals surface area (Å²) < 4.78 is 0. The third-order valence-electron chi connectivity index (χ3n) is 6.13. The molecule has 0 N–H and O–H groups in total. The Bertz CT molecular complexity index is 1030. The fraction of sp³-hybridized carbons (Fsp3) is 0.241. The van der Waals surface area contributed by atoms with Gasteiger partial charge in [-0.1, -0.05) is 78.9 Å². The molecule has 0 fully saturated rings. The van der Waals surface area contributed by atoms with Crippen LogP contribution < -0.4 is 4.90 Å².